The van der Waals surface area contributed by atoms with E-state index in [1.165, 1.54) is 6.39 Å². The predicted octanol–water partition coefficient (Wildman–Crippen LogP) is 3.65. The molecule has 1 saturated heterocycles. The number of likely N-dealkylation sites (tertiary alicyclic amines) is 1. The van der Waals surface area contributed by atoms with E-state index in [0.29, 0.717) is 30.1 Å². The van der Waals surface area contributed by atoms with Crippen LogP contribution in [0, 0.1) is 0 Å². The van der Waals surface area contributed by atoms with Gasteiger partial charge < -0.3 is 24.5 Å². The number of rotatable bonds is 5. The molecule has 0 saturated carbocycles. The monoisotopic (exact) mass is 408 g/mol. The number of methoxy groups -OCH3 is 1. The molecule has 0 radical (unpaired) electrons. The molecule has 1 aromatic heterocycles. The Labute approximate surface area is 174 Å². The van der Waals surface area contributed by atoms with Crippen LogP contribution in [0.1, 0.15) is 25.3 Å². The van der Waals surface area contributed by atoms with Crippen molar-refractivity contribution in [2.24, 2.45) is 0 Å². The van der Waals surface area contributed by atoms with Crippen LogP contribution < -0.4 is 10.1 Å². The van der Waals surface area contributed by atoms with Crippen LogP contribution in [0.3, 0.4) is 0 Å². The second-order valence-electron chi connectivity index (χ2n) is 7.48. The fraction of sp³-hybridized carbons (Fsp3) is 0.318. The van der Waals surface area contributed by atoms with Crippen LogP contribution >= 0.6 is 0 Å². The summed E-state index contributed by atoms with van der Waals surface area (Å²) in [6, 6.07) is 13.9. The molecule has 2 heterocycles. The number of hydrogen-bond acceptors (Lipinski definition) is 6. The predicted molar refractivity (Wildman–Crippen MR) is 111 cm³/mol. The van der Waals surface area contributed by atoms with E-state index in [2.05, 4.69) is 15.5 Å². The third-order valence-electron chi connectivity index (χ3n) is 5.56. The lowest BCUT2D eigenvalue weighted by Gasteiger charge is -2.37. The zero-order valence-electron chi connectivity index (χ0n) is 16.9. The highest BCUT2D eigenvalue weighted by Crippen LogP contribution is 2.35. The van der Waals surface area contributed by atoms with Crippen molar-refractivity contribution in [3.05, 3.63) is 60.5 Å². The normalized spacial score (nSPS) is 18.1. The SMILES string of the molecule is COc1ccc([C@](C)(O)[C@@H]2CCCN2C(=O)Nc2cccc(-c3nnco3)c2)cc1. The lowest BCUT2D eigenvalue weighted by Crippen LogP contribution is -2.49. The minimum absolute atomic E-state index is 0.256. The zero-order valence-corrected chi connectivity index (χ0v) is 16.9. The van der Waals surface area contributed by atoms with Crippen LogP contribution in [-0.2, 0) is 5.60 Å². The van der Waals surface area contributed by atoms with Gasteiger partial charge in [0.1, 0.15) is 11.4 Å². The second-order valence-corrected chi connectivity index (χ2v) is 7.48. The molecule has 156 valence electrons. The average molecular weight is 408 g/mol. The molecular formula is C22H24N4O4. The summed E-state index contributed by atoms with van der Waals surface area (Å²) in [4.78, 5) is 14.7. The first-order chi connectivity index (χ1) is 14.5. The van der Waals surface area contributed by atoms with Crippen LogP contribution in [0.5, 0.6) is 5.75 Å². The molecule has 30 heavy (non-hydrogen) atoms. The summed E-state index contributed by atoms with van der Waals surface area (Å²) < 4.78 is 10.4. The van der Waals surface area contributed by atoms with E-state index >= 15 is 0 Å². The molecule has 4 rings (SSSR count). The minimum atomic E-state index is -1.19. The number of benzene rings is 2. The molecule has 2 atom stereocenters. The Bertz CT molecular complexity index is 1000. The number of carbonyl (C=O) groups excluding carboxylic acids is 1. The van der Waals surface area contributed by atoms with Gasteiger partial charge >= 0.3 is 6.03 Å². The molecule has 1 aliphatic heterocycles. The molecule has 1 fully saturated rings. The van der Waals surface area contributed by atoms with E-state index in [0.717, 1.165) is 17.7 Å². The lowest BCUT2D eigenvalue weighted by molar-refractivity contribution is -0.00944. The zero-order chi connectivity index (χ0) is 21.1. The largest absolute Gasteiger partial charge is 0.497 e. The highest BCUT2D eigenvalue weighted by atomic mass is 16.5. The molecule has 2 aromatic carbocycles. The van der Waals surface area contributed by atoms with E-state index in [9.17, 15) is 9.90 Å². The van der Waals surface area contributed by atoms with E-state index in [1.54, 1.807) is 31.1 Å². The van der Waals surface area contributed by atoms with Crippen LogP contribution in [-0.4, -0.2) is 45.9 Å². The number of aliphatic hydroxyl groups is 1. The number of amides is 2. The Morgan fingerprint density at radius 3 is 2.80 bits per heavy atom. The first-order valence-electron chi connectivity index (χ1n) is 9.80. The molecular weight excluding hydrogens is 384 g/mol. The molecule has 8 heteroatoms. The van der Waals surface area contributed by atoms with E-state index < -0.39 is 5.60 Å². The summed E-state index contributed by atoms with van der Waals surface area (Å²) in [5.41, 5.74) is 0.886. The van der Waals surface area contributed by atoms with E-state index in [4.69, 9.17) is 9.15 Å². The van der Waals surface area contributed by atoms with Gasteiger partial charge in [0, 0.05) is 17.8 Å². The van der Waals surface area contributed by atoms with E-state index in [-0.39, 0.29) is 12.1 Å². The van der Waals surface area contributed by atoms with Crippen LogP contribution in [0.4, 0.5) is 10.5 Å². The van der Waals surface area contributed by atoms with Crippen LogP contribution in [0.25, 0.3) is 11.5 Å². The maximum absolute atomic E-state index is 13.0. The molecule has 0 spiro atoms. The summed E-state index contributed by atoms with van der Waals surface area (Å²) >= 11 is 0. The Kier molecular flexibility index (Phi) is 5.41. The highest BCUT2D eigenvalue weighted by molar-refractivity contribution is 5.90. The van der Waals surface area contributed by atoms with Gasteiger partial charge in [-0.1, -0.05) is 18.2 Å². The molecule has 3 aromatic rings. The number of ether oxygens (including phenoxy) is 1. The molecule has 2 amide bonds. The van der Waals surface area contributed by atoms with E-state index in [1.807, 2.05) is 36.4 Å². The Morgan fingerprint density at radius 2 is 2.10 bits per heavy atom. The third kappa shape index (κ3) is 3.86. The molecule has 2 N–H and O–H groups in total. The Morgan fingerprint density at radius 1 is 1.30 bits per heavy atom. The number of nitrogens with one attached hydrogen (secondary N) is 1. The number of carbonyl (C=O) groups is 1. The number of hydrogen-bond donors (Lipinski definition) is 2. The summed E-state index contributed by atoms with van der Waals surface area (Å²) in [5.74, 6) is 1.10. The first kappa shape index (κ1) is 19.9. The third-order valence-corrected chi connectivity index (χ3v) is 5.56. The summed E-state index contributed by atoms with van der Waals surface area (Å²) in [7, 11) is 1.60. The van der Waals surface area contributed by atoms with Crippen LogP contribution in [0.15, 0.2) is 59.3 Å². The quantitative estimate of drug-likeness (QED) is 0.668. The van der Waals surface area contributed by atoms with Crippen LogP contribution in [0.2, 0.25) is 0 Å². The summed E-state index contributed by atoms with van der Waals surface area (Å²) in [6.45, 7) is 2.33. The number of anilines is 1. The van der Waals surface area contributed by atoms with Gasteiger partial charge in [-0.25, -0.2) is 4.79 Å². The molecule has 1 aliphatic rings. The number of urea groups is 1. The Balaban J connectivity index is 1.51. The fourth-order valence-electron chi connectivity index (χ4n) is 3.94. The molecule has 0 aliphatic carbocycles. The molecule has 0 unspecified atom stereocenters. The number of aromatic nitrogens is 2. The van der Waals surface area contributed by atoms with Gasteiger partial charge in [-0.05, 0) is 55.7 Å². The van der Waals surface area contributed by atoms with Gasteiger partial charge in [0.2, 0.25) is 12.3 Å². The number of nitrogens with zero attached hydrogens (tertiary/aromatic N) is 3. The van der Waals surface area contributed by atoms with Gasteiger partial charge in [-0.3, -0.25) is 0 Å². The van der Waals surface area contributed by atoms with Crippen molar-refractivity contribution in [1.82, 2.24) is 15.1 Å². The molecule has 0 bridgehead atoms. The maximum atomic E-state index is 13.0. The smallest absolute Gasteiger partial charge is 0.322 e. The van der Waals surface area contributed by atoms with Crippen molar-refractivity contribution in [3.63, 3.8) is 0 Å². The van der Waals surface area contributed by atoms with Gasteiger partial charge in [-0.2, -0.15) is 0 Å². The average Bonchev–Trinajstić information content (AvgIpc) is 3.46. The molecule has 8 nitrogen and oxygen atoms in total. The van der Waals surface area contributed by atoms with Crippen molar-refractivity contribution >= 4 is 11.7 Å². The lowest BCUT2D eigenvalue weighted by atomic mass is 9.86. The van der Waals surface area contributed by atoms with Gasteiger partial charge in [0.15, 0.2) is 0 Å². The van der Waals surface area contributed by atoms with Crippen molar-refractivity contribution in [2.45, 2.75) is 31.4 Å². The minimum Gasteiger partial charge on any atom is -0.497 e. The fourth-order valence-corrected chi connectivity index (χ4v) is 3.94. The standard InChI is InChI=1S/C22H24N4O4/c1-22(28,16-8-10-18(29-2)11-9-16)19-7-4-12-26(19)21(27)24-17-6-3-5-15(13-17)20-25-23-14-30-20/h3,5-6,8-11,13-14,19,28H,4,7,12H2,1-2H3,(H,24,27)/t19-,22-/m0/s1. The van der Waals surface area contributed by atoms with Crippen molar-refractivity contribution in [2.75, 3.05) is 19.0 Å². The van der Waals surface area contributed by atoms with Crippen molar-refractivity contribution < 1.29 is 19.1 Å². The maximum Gasteiger partial charge on any atom is 0.322 e. The van der Waals surface area contributed by atoms with Gasteiger partial charge in [0.25, 0.3) is 0 Å². The summed E-state index contributed by atoms with van der Waals surface area (Å²) in [6.07, 6.45) is 2.80. The van der Waals surface area contributed by atoms with Gasteiger partial charge in [0.05, 0.1) is 13.2 Å². The van der Waals surface area contributed by atoms with Gasteiger partial charge in [-0.15, -0.1) is 10.2 Å². The topological polar surface area (TPSA) is 101 Å². The Hall–Kier alpha value is -3.39. The van der Waals surface area contributed by atoms with Crippen molar-refractivity contribution in [1.29, 1.82) is 0 Å². The second kappa shape index (κ2) is 8.16. The van der Waals surface area contributed by atoms with Crippen molar-refractivity contribution in [3.8, 4) is 17.2 Å². The first-order valence-corrected chi connectivity index (χ1v) is 9.80. The summed E-state index contributed by atoms with van der Waals surface area (Å²) in [5, 5.41) is 21.8. The highest BCUT2D eigenvalue weighted by Gasteiger charge is 2.42.